The van der Waals surface area contributed by atoms with E-state index >= 15 is 0 Å². The molecule has 0 aromatic carbocycles. The van der Waals surface area contributed by atoms with Crippen LogP contribution in [0.4, 0.5) is 4.79 Å². The number of carbonyl (C=O) groups excluding carboxylic acids is 3. The van der Waals surface area contributed by atoms with Crippen LogP contribution in [0.1, 0.15) is 0 Å². The molecule has 0 aromatic heterocycles. The van der Waals surface area contributed by atoms with E-state index in [1.54, 1.807) is 0 Å². The fraction of sp³-hybridized carbons (Fsp3) is 0.400. The average molecular weight is 222 g/mol. The molecule has 0 rings (SSSR count). The van der Waals surface area contributed by atoms with Crippen molar-refractivity contribution in [1.29, 1.82) is 0 Å². The standard InChI is InChI=1S/C5H6O5S2.2Li/c6-3(7)1-11-5(10)12-2-4(8)9;;/h1-2H2,(H,6,7)(H,8,9);;/q;2*+1/p-2. The second-order valence-corrected chi connectivity index (χ2v) is 3.73. The van der Waals surface area contributed by atoms with E-state index in [0.29, 0.717) is 23.5 Å². The van der Waals surface area contributed by atoms with E-state index in [-0.39, 0.29) is 37.7 Å². The summed E-state index contributed by atoms with van der Waals surface area (Å²) in [4.78, 5) is 30.2. The van der Waals surface area contributed by atoms with Crippen LogP contribution < -0.4 is 47.9 Å². The van der Waals surface area contributed by atoms with Crippen LogP contribution in [0.5, 0.6) is 0 Å². The van der Waals surface area contributed by atoms with Gasteiger partial charge >= 0.3 is 37.7 Å². The van der Waals surface area contributed by atoms with Gasteiger partial charge in [0.25, 0.3) is 0 Å². The van der Waals surface area contributed by atoms with E-state index in [0.717, 1.165) is 0 Å². The zero-order valence-electron chi connectivity index (χ0n) is 7.77. The Labute approximate surface area is 113 Å². The minimum Gasteiger partial charge on any atom is -0.549 e. The Morgan fingerprint density at radius 3 is 1.36 bits per heavy atom. The molecule has 5 nitrogen and oxygen atoms in total. The molecule has 0 N–H and O–H groups in total. The van der Waals surface area contributed by atoms with Crippen molar-refractivity contribution in [3.63, 3.8) is 0 Å². The van der Waals surface area contributed by atoms with E-state index in [2.05, 4.69) is 0 Å². The van der Waals surface area contributed by atoms with E-state index in [1.165, 1.54) is 0 Å². The first kappa shape index (κ1) is 20.0. The van der Waals surface area contributed by atoms with Crippen molar-refractivity contribution in [3.05, 3.63) is 0 Å². The van der Waals surface area contributed by atoms with Gasteiger partial charge in [0.05, 0.1) is 11.9 Å². The average Bonchev–Trinajstić information content (AvgIpc) is 1.96. The molecule has 0 saturated carbocycles. The molecule has 0 spiro atoms. The number of carboxylic acids is 2. The number of carboxylic acid groups (broad SMARTS) is 2. The van der Waals surface area contributed by atoms with Gasteiger partial charge in [0.15, 0.2) is 0 Å². The summed E-state index contributed by atoms with van der Waals surface area (Å²) in [5, 5.41) is 19.6. The van der Waals surface area contributed by atoms with Crippen LogP contribution in [0.3, 0.4) is 0 Å². The van der Waals surface area contributed by atoms with Crippen LogP contribution in [0, 0.1) is 0 Å². The maximum absolute atomic E-state index is 10.6. The molecule has 0 aromatic rings. The Bertz CT molecular complexity index is 190. The number of rotatable bonds is 4. The van der Waals surface area contributed by atoms with Gasteiger partial charge in [-0.25, -0.2) is 0 Å². The summed E-state index contributed by atoms with van der Waals surface area (Å²) < 4.78 is -0.566. The van der Waals surface area contributed by atoms with Gasteiger partial charge in [0.2, 0.25) is 4.45 Å². The molecule has 14 heavy (non-hydrogen) atoms. The second-order valence-electron chi connectivity index (χ2n) is 1.57. The molecule has 0 atom stereocenters. The maximum Gasteiger partial charge on any atom is 1.00 e. The van der Waals surface area contributed by atoms with Crippen LogP contribution in [-0.4, -0.2) is 27.9 Å². The summed E-state index contributed by atoms with van der Waals surface area (Å²) in [5.74, 6) is -3.64. The van der Waals surface area contributed by atoms with Gasteiger partial charge in [0.1, 0.15) is 0 Å². The fourth-order valence-corrected chi connectivity index (χ4v) is 1.44. The largest absolute Gasteiger partial charge is 1.00 e. The molecule has 0 amide bonds. The monoisotopic (exact) mass is 222 g/mol. The third-order valence-corrected chi connectivity index (χ3v) is 2.55. The molecule has 0 radical (unpaired) electrons. The molecule has 0 unspecified atom stereocenters. The predicted octanol–water partition coefficient (Wildman–Crippen LogP) is -7.92. The van der Waals surface area contributed by atoms with Crippen molar-refractivity contribution in [3.8, 4) is 0 Å². The van der Waals surface area contributed by atoms with Gasteiger partial charge in [-0.05, 0) is 0 Å². The molecule has 68 valence electrons. The van der Waals surface area contributed by atoms with Gasteiger partial charge in [-0.2, -0.15) is 0 Å². The number of hydrogen-bond donors (Lipinski definition) is 0. The SMILES string of the molecule is O=C([O-])CSC(=O)SCC(=O)[O-].[Li+].[Li+]. The minimum atomic E-state index is -1.36. The van der Waals surface area contributed by atoms with Gasteiger partial charge in [-0.15, -0.1) is 0 Å². The second kappa shape index (κ2) is 11.6. The van der Waals surface area contributed by atoms with Crippen molar-refractivity contribution >= 4 is 39.9 Å². The topological polar surface area (TPSA) is 97.3 Å². The summed E-state index contributed by atoms with van der Waals surface area (Å²) >= 11 is 0.995. The molecule has 0 fully saturated rings. The Morgan fingerprint density at radius 1 is 0.857 bits per heavy atom. The molecule has 0 heterocycles. The van der Waals surface area contributed by atoms with E-state index in [9.17, 15) is 24.6 Å². The molecule has 9 heteroatoms. The minimum absolute atomic E-state index is 0. The predicted molar refractivity (Wildman–Crippen MR) is 40.3 cm³/mol. The number of hydrogen-bond acceptors (Lipinski definition) is 7. The summed E-state index contributed by atoms with van der Waals surface area (Å²) in [6.45, 7) is 0. The first-order valence-electron chi connectivity index (χ1n) is 2.71. The van der Waals surface area contributed by atoms with Crippen LogP contribution in [-0.2, 0) is 9.59 Å². The van der Waals surface area contributed by atoms with E-state index in [4.69, 9.17) is 0 Å². The molecule has 0 aliphatic heterocycles. The molecule has 0 saturated heterocycles. The Hall–Kier alpha value is 0.505. The van der Waals surface area contributed by atoms with Crippen molar-refractivity contribution in [2.45, 2.75) is 0 Å². The van der Waals surface area contributed by atoms with Gasteiger partial charge in [-0.3, -0.25) is 4.79 Å². The van der Waals surface area contributed by atoms with Crippen LogP contribution in [0.25, 0.3) is 0 Å². The molecule has 0 bridgehead atoms. The van der Waals surface area contributed by atoms with Crippen molar-refractivity contribution < 1.29 is 62.3 Å². The van der Waals surface area contributed by atoms with E-state index < -0.39 is 27.9 Å². The molecular formula is C5H4Li2O5S2. The Kier molecular flexibility index (Phi) is 16.5. The van der Waals surface area contributed by atoms with Crippen LogP contribution >= 0.6 is 23.5 Å². The zero-order valence-corrected chi connectivity index (χ0v) is 9.40. The zero-order chi connectivity index (χ0) is 9.56. The number of aliphatic carboxylic acids is 2. The molecular weight excluding hydrogens is 218 g/mol. The number of thioether (sulfide) groups is 2. The fourth-order valence-electron chi connectivity index (χ4n) is 0.277. The van der Waals surface area contributed by atoms with Gasteiger partial charge in [0, 0.05) is 11.5 Å². The van der Waals surface area contributed by atoms with Crippen molar-refractivity contribution in [2.24, 2.45) is 0 Å². The van der Waals surface area contributed by atoms with Gasteiger partial charge in [-0.1, -0.05) is 23.5 Å². The van der Waals surface area contributed by atoms with Crippen LogP contribution in [0.15, 0.2) is 0 Å². The maximum atomic E-state index is 10.6. The first-order chi connectivity index (χ1) is 5.52. The molecule has 0 aliphatic carbocycles. The van der Waals surface area contributed by atoms with Crippen molar-refractivity contribution in [1.82, 2.24) is 0 Å². The first-order valence-corrected chi connectivity index (χ1v) is 4.68. The summed E-state index contributed by atoms with van der Waals surface area (Å²) in [6.07, 6.45) is 0. The third-order valence-electron chi connectivity index (χ3n) is 0.616. The quantitative estimate of drug-likeness (QED) is 0.435. The molecule has 0 aliphatic rings. The summed E-state index contributed by atoms with van der Waals surface area (Å²) in [7, 11) is 0. The third kappa shape index (κ3) is 15.0. The smallest absolute Gasteiger partial charge is 0.549 e. The summed E-state index contributed by atoms with van der Waals surface area (Å²) in [5.41, 5.74) is 0. The number of carbonyl (C=O) groups is 3. The van der Waals surface area contributed by atoms with Crippen molar-refractivity contribution in [2.75, 3.05) is 11.5 Å². The normalized spacial score (nSPS) is 8.00. The Balaban J connectivity index is -0.000000605. The van der Waals surface area contributed by atoms with E-state index in [1.807, 2.05) is 0 Å². The van der Waals surface area contributed by atoms with Crippen LogP contribution in [0.2, 0.25) is 0 Å². The Morgan fingerprint density at radius 2 is 1.14 bits per heavy atom. The van der Waals surface area contributed by atoms with Gasteiger partial charge < -0.3 is 19.8 Å². The summed E-state index contributed by atoms with van der Waals surface area (Å²) in [6, 6.07) is 0.